The molecule has 2 heterocycles. The molecule has 0 N–H and O–H groups in total. The largest absolute Gasteiger partial charge is 0.338 e. The molecule has 0 radical (unpaired) electrons. The standard InChI is InChI=1S/C25H27N3O4S/c1-17-22-8-3-4-9-23(22)25(30)28(17)18(2)24(29)26-12-14-27(15-13-26)33(31,32)21-11-10-19-6-5-7-20(19)16-21/h3-4,8-11,16,18H,1,5-7,12-15H2,2H3/t18-/m0/s1. The summed E-state index contributed by atoms with van der Waals surface area (Å²) in [6, 6.07) is 11.9. The van der Waals surface area contributed by atoms with Crippen LogP contribution in [0.5, 0.6) is 0 Å². The smallest absolute Gasteiger partial charge is 0.259 e. The Hall–Kier alpha value is -2.97. The van der Waals surface area contributed by atoms with Crippen LogP contribution in [0, 0.1) is 0 Å². The Bertz CT molecular complexity index is 1230. The molecule has 5 rings (SSSR count). The highest BCUT2D eigenvalue weighted by Crippen LogP contribution is 2.33. The van der Waals surface area contributed by atoms with Crippen molar-refractivity contribution in [2.24, 2.45) is 0 Å². The molecule has 0 saturated carbocycles. The summed E-state index contributed by atoms with van der Waals surface area (Å²) in [5.41, 5.74) is 4.17. The predicted molar refractivity (Wildman–Crippen MR) is 125 cm³/mol. The molecule has 2 aromatic carbocycles. The molecule has 3 aliphatic rings. The minimum atomic E-state index is -3.61. The first kappa shape index (κ1) is 21.9. The maximum atomic E-state index is 13.2. The van der Waals surface area contributed by atoms with Gasteiger partial charge in [-0.2, -0.15) is 4.31 Å². The number of sulfonamides is 1. The van der Waals surface area contributed by atoms with Crippen LogP contribution >= 0.6 is 0 Å². The fraction of sp³-hybridized carbons (Fsp3) is 0.360. The Morgan fingerprint density at radius 1 is 0.970 bits per heavy atom. The first-order chi connectivity index (χ1) is 15.8. The Labute approximate surface area is 194 Å². The van der Waals surface area contributed by atoms with Gasteiger partial charge in [0.25, 0.3) is 5.91 Å². The van der Waals surface area contributed by atoms with Crippen molar-refractivity contribution in [1.82, 2.24) is 14.1 Å². The lowest BCUT2D eigenvalue weighted by Gasteiger charge is -2.37. The van der Waals surface area contributed by atoms with Gasteiger partial charge < -0.3 is 4.90 Å². The van der Waals surface area contributed by atoms with Crippen molar-refractivity contribution >= 4 is 27.5 Å². The Morgan fingerprint density at radius 2 is 1.64 bits per heavy atom. The van der Waals surface area contributed by atoms with Crippen LogP contribution < -0.4 is 0 Å². The Morgan fingerprint density at radius 3 is 2.33 bits per heavy atom. The van der Waals surface area contributed by atoms with E-state index >= 15 is 0 Å². The summed E-state index contributed by atoms with van der Waals surface area (Å²) < 4.78 is 27.8. The van der Waals surface area contributed by atoms with Crippen LogP contribution in [0.2, 0.25) is 0 Å². The average molecular weight is 466 g/mol. The molecule has 2 aromatic rings. The van der Waals surface area contributed by atoms with Crippen LogP contribution in [-0.2, 0) is 27.7 Å². The van der Waals surface area contributed by atoms with E-state index in [-0.39, 0.29) is 38.0 Å². The van der Waals surface area contributed by atoms with Gasteiger partial charge in [-0.05, 0) is 55.5 Å². The van der Waals surface area contributed by atoms with Gasteiger partial charge in [0.2, 0.25) is 15.9 Å². The SMILES string of the molecule is C=C1c2ccccc2C(=O)N1[C@@H](C)C(=O)N1CCN(S(=O)(=O)c2ccc3c(c2)CCC3)CC1. The zero-order chi connectivity index (χ0) is 23.3. The van der Waals surface area contributed by atoms with Gasteiger partial charge in [0.15, 0.2) is 0 Å². The molecular formula is C25H27N3O4S. The van der Waals surface area contributed by atoms with Crippen molar-refractivity contribution in [1.29, 1.82) is 0 Å². The first-order valence-corrected chi connectivity index (χ1v) is 12.8. The van der Waals surface area contributed by atoms with Crippen LogP contribution in [0.3, 0.4) is 0 Å². The third kappa shape index (κ3) is 3.57. The third-order valence-corrected chi connectivity index (χ3v) is 8.88. The number of carbonyl (C=O) groups is 2. The number of hydrogen-bond acceptors (Lipinski definition) is 4. The molecule has 0 spiro atoms. The van der Waals surface area contributed by atoms with E-state index in [2.05, 4.69) is 6.58 Å². The molecule has 0 aromatic heterocycles. The molecule has 7 nitrogen and oxygen atoms in total. The van der Waals surface area contributed by atoms with Crippen molar-refractivity contribution in [3.8, 4) is 0 Å². The minimum Gasteiger partial charge on any atom is -0.338 e. The number of nitrogens with zero attached hydrogens (tertiary/aromatic N) is 3. The molecule has 172 valence electrons. The number of hydrogen-bond donors (Lipinski definition) is 0. The molecule has 2 amide bonds. The van der Waals surface area contributed by atoms with E-state index in [0.29, 0.717) is 16.2 Å². The fourth-order valence-electron chi connectivity index (χ4n) is 5.09. The van der Waals surface area contributed by atoms with Gasteiger partial charge in [-0.15, -0.1) is 0 Å². The molecule has 8 heteroatoms. The molecule has 1 saturated heterocycles. The number of aryl methyl sites for hydroxylation is 2. The van der Waals surface area contributed by atoms with Gasteiger partial charge in [-0.25, -0.2) is 8.42 Å². The summed E-state index contributed by atoms with van der Waals surface area (Å²) in [5.74, 6) is -0.429. The molecule has 1 aliphatic carbocycles. The van der Waals surface area contributed by atoms with Gasteiger partial charge in [-0.1, -0.05) is 30.8 Å². The second kappa shape index (κ2) is 8.11. The highest BCUT2D eigenvalue weighted by Gasteiger charge is 2.39. The fourth-order valence-corrected chi connectivity index (χ4v) is 6.57. The van der Waals surface area contributed by atoms with E-state index in [1.165, 1.54) is 14.8 Å². The maximum absolute atomic E-state index is 13.2. The molecule has 0 bridgehead atoms. The van der Waals surface area contributed by atoms with Gasteiger partial charge in [0, 0.05) is 43.0 Å². The molecule has 2 aliphatic heterocycles. The third-order valence-electron chi connectivity index (χ3n) is 6.98. The van der Waals surface area contributed by atoms with Gasteiger partial charge in [0.05, 0.1) is 4.90 Å². The van der Waals surface area contributed by atoms with Gasteiger partial charge >= 0.3 is 0 Å². The number of carbonyl (C=O) groups excluding carboxylic acids is 2. The number of fused-ring (bicyclic) bond motifs is 2. The lowest BCUT2D eigenvalue weighted by atomic mass is 10.1. The molecule has 0 unspecified atom stereocenters. The number of benzene rings is 2. The topological polar surface area (TPSA) is 78.0 Å². The van der Waals surface area contributed by atoms with E-state index in [0.717, 1.165) is 30.4 Å². The molecule has 1 atom stereocenters. The van der Waals surface area contributed by atoms with Crippen molar-refractivity contribution in [2.45, 2.75) is 37.1 Å². The molecule has 1 fully saturated rings. The van der Waals surface area contributed by atoms with Crippen molar-refractivity contribution in [3.63, 3.8) is 0 Å². The van der Waals surface area contributed by atoms with Crippen LogP contribution in [0.1, 0.15) is 40.4 Å². The summed E-state index contributed by atoms with van der Waals surface area (Å²) in [5, 5.41) is 0. The predicted octanol–water partition coefficient (Wildman–Crippen LogP) is 2.52. The van der Waals surface area contributed by atoms with E-state index in [9.17, 15) is 18.0 Å². The summed E-state index contributed by atoms with van der Waals surface area (Å²) >= 11 is 0. The van der Waals surface area contributed by atoms with E-state index < -0.39 is 16.1 Å². The van der Waals surface area contributed by atoms with Crippen molar-refractivity contribution < 1.29 is 18.0 Å². The quantitative estimate of drug-likeness (QED) is 0.695. The number of piperazine rings is 1. The summed E-state index contributed by atoms with van der Waals surface area (Å²) in [4.78, 5) is 29.5. The second-order valence-corrected chi connectivity index (χ2v) is 10.8. The number of rotatable bonds is 4. The highest BCUT2D eigenvalue weighted by atomic mass is 32.2. The zero-order valence-electron chi connectivity index (χ0n) is 18.7. The maximum Gasteiger partial charge on any atom is 0.259 e. The Kier molecular flexibility index (Phi) is 5.37. The van der Waals surface area contributed by atoms with Crippen LogP contribution in [0.4, 0.5) is 0 Å². The zero-order valence-corrected chi connectivity index (χ0v) is 19.5. The first-order valence-electron chi connectivity index (χ1n) is 11.3. The summed E-state index contributed by atoms with van der Waals surface area (Å²) in [7, 11) is -3.61. The second-order valence-electron chi connectivity index (χ2n) is 8.86. The minimum absolute atomic E-state index is 0.202. The average Bonchev–Trinajstić information content (AvgIpc) is 3.40. The van der Waals surface area contributed by atoms with E-state index in [4.69, 9.17) is 0 Å². The Balaban J connectivity index is 1.26. The van der Waals surface area contributed by atoms with E-state index in [1.54, 1.807) is 36.1 Å². The summed E-state index contributed by atoms with van der Waals surface area (Å²) in [6.45, 7) is 6.76. The lowest BCUT2D eigenvalue weighted by Crippen LogP contribution is -2.55. The van der Waals surface area contributed by atoms with Crippen LogP contribution in [0.15, 0.2) is 53.9 Å². The highest BCUT2D eigenvalue weighted by molar-refractivity contribution is 7.89. The van der Waals surface area contributed by atoms with E-state index in [1.807, 2.05) is 18.2 Å². The lowest BCUT2D eigenvalue weighted by molar-refractivity contribution is -0.135. The normalized spacial score (nSPS) is 19.5. The number of amides is 2. The van der Waals surface area contributed by atoms with Crippen LogP contribution in [-0.4, -0.2) is 66.6 Å². The van der Waals surface area contributed by atoms with Crippen molar-refractivity contribution in [3.05, 3.63) is 71.3 Å². The molecule has 33 heavy (non-hydrogen) atoms. The van der Waals surface area contributed by atoms with Crippen molar-refractivity contribution in [2.75, 3.05) is 26.2 Å². The van der Waals surface area contributed by atoms with Gasteiger partial charge in [0.1, 0.15) is 6.04 Å². The molecular weight excluding hydrogens is 438 g/mol. The van der Waals surface area contributed by atoms with Crippen LogP contribution in [0.25, 0.3) is 5.70 Å². The monoisotopic (exact) mass is 465 g/mol. The summed E-state index contributed by atoms with van der Waals surface area (Å²) in [6.07, 6.45) is 2.99. The van der Waals surface area contributed by atoms with Gasteiger partial charge in [-0.3, -0.25) is 14.5 Å².